The minimum Gasteiger partial charge on any atom is -0.273 e. The summed E-state index contributed by atoms with van der Waals surface area (Å²) in [6.45, 7) is 5.63. The van der Waals surface area contributed by atoms with Crippen LogP contribution in [0, 0.1) is 0 Å². The molecule has 4 heteroatoms. The third-order valence-electron chi connectivity index (χ3n) is 4.90. The molecule has 0 N–H and O–H groups in total. The molecule has 4 rings (SSSR count). The zero-order chi connectivity index (χ0) is 19.2. The van der Waals surface area contributed by atoms with Crippen molar-refractivity contribution in [1.82, 2.24) is 19.9 Å². The van der Waals surface area contributed by atoms with Gasteiger partial charge in [-0.1, -0.05) is 84.1 Å². The zero-order valence-corrected chi connectivity index (χ0v) is 15.9. The summed E-state index contributed by atoms with van der Waals surface area (Å²) >= 11 is 0. The van der Waals surface area contributed by atoms with Crippen LogP contribution in [-0.2, 0) is 6.54 Å². The summed E-state index contributed by atoms with van der Waals surface area (Å²) in [5, 5.41) is 8.94. The zero-order valence-electron chi connectivity index (χ0n) is 15.9. The maximum absolute atomic E-state index is 4.54. The first-order chi connectivity index (χ1) is 13.9. The lowest BCUT2D eigenvalue weighted by Gasteiger charge is -2.32. The fourth-order valence-corrected chi connectivity index (χ4v) is 3.56. The van der Waals surface area contributed by atoms with Crippen molar-refractivity contribution >= 4 is 11.0 Å². The van der Waals surface area contributed by atoms with Crippen LogP contribution in [0.3, 0.4) is 0 Å². The molecule has 3 aromatic carbocycles. The lowest BCUT2D eigenvalue weighted by atomic mass is 10.1. The minimum absolute atomic E-state index is 0.0474. The van der Waals surface area contributed by atoms with Gasteiger partial charge < -0.3 is 0 Å². The molecule has 1 aromatic heterocycles. The van der Waals surface area contributed by atoms with E-state index in [1.54, 1.807) is 0 Å². The summed E-state index contributed by atoms with van der Waals surface area (Å²) in [6.07, 6.45) is 2.83. The van der Waals surface area contributed by atoms with E-state index in [1.165, 1.54) is 11.1 Å². The van der Waals surface area contributed by atoms with Crippen LogP contribution in [0.1, 0.15) is 23.7 Å². The molecule has 0 saturated heterocycles. The number of hydrogen-bond acceptors (Lipinski definition) is 3. The molecule has 140 valence electrons. The highest BCUT2D eigenvalue weighted by Crippen LogP contribution is 2.27. The molecule has 0 radical (unpaired) electrons. The maximum atomic E-state index is 4.54. The summed E-state index contributed by atoms with van der Waals surface area (Å²) in [7, 11) is 0. The van der Waals surface area contributed by atoms with Crippen LogP contribution in [0.4, 0.5) is 0 Å². The number of rotatable bonds is 8. The van der Waals surface area contributed by atoms with Crippen LogP contribution in [0.25, 0.3) is 11.0 Å². The largest absolute Gasteiger partial charge is 0.273 e. The normalized spacial score (nSPS) is 12.3. The van der Waals surface area contributed by atoms with Crippen LogP contribution < -0.4 is 0 Å². The van der Waals surface area contributed by atoms with E-state index in [4.69, 9.17) is 0 Å². The van der Waals surface area contributed by atoms with Crippen molar-refractivity contribution in [2.24, 2.45) is 0 Å². The highest BCUT2D eigenvalue weighted by atomic mass is 15.5. The Balaban J connectivity index is 1.81. The van der Waals surface area contributed by atoms with Crippen molar-refractivity contribution in [2.75, 3.05) is 6.54 Å². The van der Waals surface area contributed by atoms with Gasteiger partial charge in [-0.05, 0) is 29.7 Å². The number of fused-ring (bicyclic) bond motifs is 1. The Bertz CT molecular complexity index is 1020. The first kappa shape index (κ1) is 18.1. The van der Waals surface area contributed by atoms with E-state index < -0.39 is 0 Å². The van der Waals surface area contributed by atoms with Gasteiger partial charge in [-0.25, -0.2) is 4.68 Å². The highest BCUT2D eigenvalue weighted by molar-refractivity contribution is 5.74. The molecule has 0 amide bonds. The molecule has 0 spiro atoms. The molecular weight excluding hydrogens is 344 g/mol. The predicted octanol–water partition coefficient (Wildman–Crippen LogP) is 5.06. The van der Waals surface area contributed by atoms with E-state index in [2.05, 4.69) is 82.5 Å². The van der Waals surface area contributed by atoms with Gasteiger partial charge in [0.05, 0.1) is 5.52 Å². The van der Waals surface area contributed by atoms with E-state index in [-0.39, 0.29) is 6.17 Å². The summed E-state index contributed by atoms with van der Waals surface area (Å²) in [4.78, 5) is 2.44. The second-order valence-corrected chi connectivity index (χ2v) is 6.84. The van der Waals surface area contributed by atoms with E-state index in [0.29, 0.717) is 0 Å². The third-order valence-corrected chi connectivity index (χ3v) is 4.90. The van der Waals surface area contributed by atoms with Gasteiger partial charge in [0.25, 0.3) is 0 Å². The highest BCUT2D eigenvalue weighted by Gasteiger charge is 2.24. The second kappa shape index (κ2) is 8.63. The van der Waals surface area contributed by atoms with Gasteiger partial charge in [-0.2, -0.15) is 0 Å². The van der Waals surface area contributed by atoms with Crippen LogP contribution in [-0.4, -0.2) is 26.4 Å². The molecule has 0 fully saturated rings. The summed E-state index contributed by atoms with van der Waals surface area (Å²) in [5.41, 5.74) is 4.41. The average molecular weight is 368 g/mol. The Morgan fingerprint density at radius 2 is 1.57 bits per heavy atom. The van der Waals surface area contributed by atoms with Gasteiger partial charge in [0, 0.05) is 13.1 Å². The van der Waals surface area contributed by atoms with Gasteiger partial charge in [0.2, 0.25) is 0 Å². The lowest BCUT2D eigenvalue weighted by molar-refractivity contribution is 0.155. The van der Waals surface area contributed by atoms with E-state index in [0.717, 1.165) is 30.5 Å². The molecule has 4 nitrogen and oxygen atoms in total. The second-order valence-electron chi connectivity index (χ2n) is 6.84. The number of hydrogen-bond donors (Lipinski definition) is 0. The van der Waals surface area contributed by atoms with Crippen LogP contribution in [0.2, 0.25) is 0 Å². The molecule has 0 aliphatic carbocycles. The Hall–Kier alpha value is -3.24. The van der Waals surface area contributed by atoms with Gasteiger partial charge in [0.15, 0.2) is 0 Å². The molecular formula is C24H24N4. The fourth-order valence-electron chi connectivity index (χ4n) is 3.56. The Morgan fingerprint density at radius 1 is 0.893 bits per heavy atom. The van der Waals surface area contributed by atoms with Crippen LogP contribution in [0.5, 0.6) is 0 Å². The first-order valence-electron chi connectivity index (χ1n) is 9.60. The van der Waals surface area contributed by atoms with E-state index in [1.807, 2.05) is 35.0 Å². The van der Waals surface area contributed by atoms with Gasteiger partial charge >= 0.3 is 0 Å². The predicted molar refractivity (Wildman–Crippen MR) is 114 cm³/mol. The number of benzene rings is 3. The monoisotopic (exact) mass is 368 g/mol. The summed E-state index contributed by atoms with van der Waals surface area (Å²) < 4.78 is 2.04. The summed E-state index contributed by atoms with van der Waals surface area (Å²) in [5.74, 6) is 0. The Kier molecular flexibility index (Phi) is 5.59. The summed E-state index contributed by atoms with van der Waals surface area (Å²) in [6, 6.07) is 29.2. The lowest BCUT2D eigenvalue weighted by Crippen LogP contribution is -2.34. The van der Waals surface area contributed by atoms with Gasteiger partial charge in [-0.3, -0.25) is 4.90 Å². The average Bonchev–Trinajstić information content (AvgIpc) is 3.17. The van der Waals surface area contributed by atoms with Crippen molar-refractivity contribution in [3.63, 3.8) is 0 Å². The topological polar surface area (TPSA) is 34.0 Å². The number of nitrogens with zero attached hydrogens (tertiary/aromatic N) is 4. The molecule has 28 heavy (non-hydrogen) atoms. The maximum Gasteiger partial charge on any atom is 0.132 e. The van der Waals surface area contributed by atoms with E-state index in [9.17, 15) is 0 Å². The molecule has 1 atom stereocenters. The van der Waals surface area contributed by atoms with Crippen molar-refractivity contribution in [3.05, 3.63) is 109 Å². The number of para-hydroxylation sites is 1. The smallest absolute Gasteiger partial charge is 0.132 e. The SMILES string of the molecule is C=CCCN(Cc1ccccc1)C(c1ccccc1)n1nnc2ccccc21. The minimum atomic E-state index is -0.0474. The molecule has 0 bridgehead atoms. The van der Waals surface area contributed by atoms with Gasteiger partial charge in [0.1, 0.15) is 11.7 Å². The van der Waals surface area contributed by atoms with Gasteiger partial charge in [-0.15, -0.1) is 11.7 Å². The number of aromatic nitrogens is 3. The molecule has 0 saturated carbocycles. The molecule has 1 heterocycles. The Morgan fingerprint density at radius 3 is 2.32 bits per heavy atom. The van der Waals surface area contributed by atoms with Crippen molar-refractivity contribution in [2.45, 2.75) is 19.1 Å². The van der Waals surface area contributed by atoms with Crippen LogP contribution in [0.15, 0.2) is 97.6 Å². The molecule has 1 unspecified atom stereocenters. The quantitative estimate of drug-likeness (QED) is 0.408. The van der Waals surface area contributed by atoms with Crippen molar-refractivity contribution in [1.29, 1.82) is 0 Å². The van der Waals surface area contributed by atoms with E-state index >= 15 is 0 Å². The standard InChI is InChI=1S/C24H24N4/c1-2-3-18-27(19-20-12-6-4-7-13-20)24(21-14-8-5-9-15-21)28-23-17-11-10-16-22(23)25-26-28/h2,4-17,24H,1,3,18-19H2. The van der Waals surface area contributed by atoms with Crippen molar-refractivity contribution < 1.29 is 0 Å². The fraction of sp³-hybridized carbons (Fsp3) is 0.167. The first-order valence-corrected chi connectivity index (χ1v) is 9.60. The van der Waals surface area contributed by atoms with Crippen LogP contribution >= 0.6 is 0 Å². The molecule has 4 aromatic rings. The molecule has 0 aliphatic rings. The Labute approximate surface area is 165 Å². The molecule has 0 aliphatic heterocycles. The van der Waals surface area contributed by atoms with Crippen molar-refractivity contribution in [3.8, 4) is 0 Å². The third kappa shape index (κ3) is 3.87.